The summed E-state index contributed by atoms with van der Waals surface area (Å²) >= 11 is 19.2. The third-order valence-electron chi connectivity index (χ3n) is 3.67. The fraction of sp³-hybridized carbons (Fsp3) is 0.0556. The van der Waals surface area contributed by atoms with Crippen LogP contribution in [0.4, 0.5) is 0 Å². The molecule has 5 nitrogen and oxygen atoms in total. The van der Waals surface area contributed by atoms with Gasteiger partial charge in [-0.15, -0.1) is 11.3 Å². The maximum atomic E-state index is 12.2. The zero-order chi connectivity index (χ0) is 19.6. The van der Waals surface area contributed by atoms with E-state index in [1.807, 2.05) is 0 Å². The summed E-state index contributed by atoms with van der Waals surface area (Å²) in [6.45, 7) is 1.67. The highest BCUT2D eigenvalue weighted by Crippen LogP contribution is 2.40. The Kier molecular flexibility index (Phi) is 6.01. The van der Waals surface area contributed by atoms with Crippen molar-refractivity contribution >= 4 is 57.8 Å². The Bertz CT molecular complexity index is 1050. The van der Waals surface area contributed by atoms with Crippen molar-refractivity contribution in [2.75, 3.05) is 0 Å². The summed E-state index contributed by atoms with van der Waals surface area (Å²) < 4.78 is 0. The van der Waals surface area contributed by atoms with Crippen LogP contribution in [0.2, 0.25) is 15.2 Å². The highest BCUT2D eigenvalue weighted by Gasteiger charge is 2.16. The molecule has 0 saturated heterocycles. The summed E-state index contributed by atoms with van der Waals surface area (Å²) in [5.41, 5.74) is 4.29. The van der Waals surface area contributed by atoms with Gasteiger partial charge in [0, 0.05) is 11.6 Å². The minimum atomic E-state index is -0.494. The lowest BCUT2D eigenvalue weighted by atomic mass is 10.1. The van der Waals surface area contributed by atoms with Gasteiger partial charge >= 0.3 is 0 Å². The van der Waals surface area contributed by atoms with Crippen LogP contribution in [0.3, 0.4) is 0 Å². The van der Waals surface area contributed by atoms with Crippen molar-refractivity contribution in [2.24, 2.45) is 5.10 Å². The molecule has 0 unspecified atom stereocenters. The molecule has 3 rings (SSSR count). The molecule has 138 valence electrons. The minimum absolute atomic E-state index is 0.0494. The predicted octanol–water partition coefficient (Wildman–Crippen LogP) is 5.63. The third kappa shape index (κ3) is 4.25. The van der Waals surface area contributed by atoms with Crippen molar-refractivity contribution in [1.82, 2.24) is 10.4 Å². The fourth-order valence-corrected chi connectivity index (χ4v) is 3.77. The predicted molar refractivity (Wildman–Crippen MR) is 110 cm³/mol. The van der Waals surface area contributed by atoms with Gasteiger partial charge in [0.2, 0.25) is 0 Å². The molecule has 9 heteroatoms. The average molecular weight is 441 g/mol. The second-order valence-corrected chi connectivity index (χ2v) is 7.49. The van der Waals surface area contributed by atoms with Gasteiger partial charge in [-0.3, -0.25) is 4.79 Å². The molecule has 1 amide bonds. The molecule has 0 saturated carbocycles. The quantitative estimate of drug-likeness (QED) is 0.314. The van der Waals surface area contributed by atoms with Gasteiger partial charge in [-0.25, -0.2) is 10.4 Å². The second kappa shape index (κ2) is 8.27. The highest BCUT2D eigenvalue weighted by atomic mass is 35.5. The topological polar surface area (TPSA) is 74.6 Å². The van der Waals surface area contributed by atoms with Crippen LogP contribution in [0.5, 0.6) is 5.75 Å². The normalized spacial score (nSPS) is 11.5. The number of hydrazone groups is 1. The molecule has 0 bridgehead atoms. The summed E-state index contributed by atoms with van der Waals surface area (Å²) in [6.07, 6.45) is 1.49. The van der Waals surface area contributed by atoms with Crippen LogP contribution in [0.15, 0.2) is 47.0 Å². The number of halogens is 3. The van der Waals surface area contributed by atoms with Crippen LogP contribution in [-0.4, -0.2) is 21.7 Å². The molecule has 2 aromatic heterocycles. The van der Waals surface area contributed by atoms with Crippen molar-refractivity contribution in [2.45, 2.75) is 6.92 Å². The Hall–Kier alpha value is -2.12. The van der Waals surface area contributed by atoms with Crippen molar-refractivity contribution in [3.63, 3.8) is 0 Å². The number of nitrogens with zero attached hydrogens (tertiary/aromatic N) is 2. The first kappa shape index (κ1) is 19.6. The maximum absolute atomic E-state index is 12.2. The van der Waals surface area contributed by atoms with Gasteiger partial charge in [0.1, 0.15) is 10.9 Å². The van der Waals surface area contributed by atoms with E-state index in [1.165, 1.54) is 17.5 Å². The van der Waals surface area contributed by atoms with Gasteiger partial charge < -0.3 is 5.11 Å². The second-order valence-electron chi connectivity index (χ2n) is 5.44. The Morgan fingerprint density at radius 1 is 1.19 bits per heavy atom. The summed E-state index contributed by atoms with van der Waals surface area (Å²) in [4.78, 5) is 16.6. The summed E-state index contributed by atoms with van der Waals surface area (Å²) in [5.74, 6) is -0.444. The molecule has 0 atom stereocenters. The number of thiophene rings is 1. The van der Waals surface area contributed by atoms with E-state index in [0.717, 1.165) is 5.56 Å². The number of nitrogens with one attached hydrogen (secondary N) is 1. The maximum Gasteiger partial charge on any atom is 0.274 e. The Morgan fingerprint density at radius 2 is 1.96 bits per heavy atom. The third-order valence-corrected chi connectivity index (χ3v) is 5.72. The first-order chi connectivity index (χ1) is 12.9. The van der Waals surface area contributed by atoms with Gasteiger partial charge in [-0.2, -0.15) is 5.10 Å². The number of rotatable bonds is 4. The standard InChI is InChI=1S/C18H12Cl3N3O2S/c1-9(23-24-18(26)11-3-2-6-22-17(11)21)12-8-27-16(15(12)25)10-4-5-13(19)14(20)7-10/h2-8,25H,1H3,(H,24,26). The first-order valence-corrected chi connectivity index (χ1v) is 9.61. The monoisotopic (exact) mass is 439 g/mol. The van der Waals surface area contributed by atoms with Gasteiger partial charge in [-0.05, 0) is 36.8 Å². The van der Waals surface area contributed by atoms with Crippen LogP contribution in [0, 0.1) is 0 Å². The summed E-state index contributed by atoms with van der Waals surface area (Å²) in [6, 6.07) is 8.25. The van der Waals surface area contributed by atoms with E-state index in [9.17, 15) is 9.90 Å². The lowest BCUT2D eigenvalue weighted by Gasteiger charge is -2.05. The van der Waals surface area contributed by atoms with Gasteiger partial charge in [0.25, 0.3) is 5.91 Å². The van der Waals surface area contributed by atoms with E-state index in [4.69, 9.17) is 34.8 Å². The Morgan fingerprint density at radius 3 is 2.67 bits per heavy atom. The molecule has 1 aromatic carbocycles. The van der Waals surface area contributed by atoms with Crippen LogP contribution in [0.1, 0.15) is 22.8 Å². The number of pyridine rings is 1. The number of hydrogen-bond donors (Lipinski definition) is 2. The molecule has 0 fully saturated rings. The number of amides is 1. The van der Waals surface area contributed by atoms with E-state index in [0.29, 0.717) is 26.2 Å². The average Bonchev–Trinajstić information content (AvgIpc) is 3.03. The van der Waals surface area contributed by atoms with Crippen LogP contribution in [-0.2, 0) is 0 Å². The van der Waals surface area contributed by atoms with Crippen molar-refractivity contribution in [3.8, 4) is 16.2 Å². The molecule has 0 aliphatic heterocycles. The Balaban J connectivity index is 1.83. The van der Waals surface area contributed by atoms with Gasteiger partial charge in [-0.1, -0.05) is 40.9 Å². The number of benzene rings is 1. The number of hydrogen-bond acceptors (Lipinski definition) is 5. The molecule has 2 N–H and O–H groups in total. The number of aromatic hydroxyl groups is 1. The highest BCUT2D eigenvalue weighted by molar-refractivity contribution is 7.14. The van der Waals surface area contributed by atoms with Crippen LogP contribution in [0.25, 0.3) is 10.4 Å². The molecule has 0 aliphatic carbocycles. The van der Waals surface area contributed by atoms with Crippen LogP contribution < -0.4 is 5.43 Å². The van der Waals surface area contributed by atoms with E-state index >= 15 is 0 Å². The Labute approximate surface area is 174 Å². The minimum Gasteiger partial charge on any atom is -0.506 e. The number of aromatic nitrogens is 1. The van der Waals surface area contributed by atoms with Crippen LogP contribution >= 0.6 is 46.1 Å². The summed E-state index contributed by atoms with van der Waals surface area (Å²) in [5, 5.41) is 17.3. The molecular formula is C18H12Cl3N3O2S. The van der Waals surface area contributed by atoms with Gasteiger partial charge in [0.15, 0.2) is 0 Å². The largest absolute Gasteiger partial charge is 0.506 e. The smallest absolute Gasteiger partial charge is 0.274 e. The molecular weight excluding hydrogens is 429 g/mol. The number of carbonyl (C=O) groups excluding carboxylic acids is 1. The van der Waals surface area contributed by atoms with E-state index in [2.05, 4.69) is 15.5 Å². The van der Waals surface area contributed by atoms with Gasteiger partial charge in [0.05, 0.1) is 31.8 Å². The molecule has 0 radical (unpaired) electrons. The van der Waals surface area contributed by atoms with Crippen molar-refractivity contribution < 1.29 is 9.90 Å². The zero-order valence-corrected chi connectivity index (χ0v) is 16.9. The zero-order valence-electron chi connectivity index (χ0n) is 13.8. The molecule has 3 aromatic rings. The molecule has 27 heavy (non-hydrogen) atoms. The molecule has 0 spiro atoms. The lowest BCUT2D eigenvalue weighted by Crippen LogP contribution is -2.19. The molecule has 0 aliphatic rings. The molecule has 2 heterocycles. The van der Waals surface area contributed by atoms with E-state index in [-0.39, 0.29) is 16.5 Å². The fourth-order valence-electron chi connectivity index (χ4n) is 2.26. The van der Waals surface area contributed by atoms with E-state index < -0.39 is 5.91 Å². The lowest BCUT2D eigenvalue weighted by molar-refractivity contribution is 0.0954. The number of carbonyl (C=O) groups is 1. The van der Waals surface area contributed by atoms with Crippen molar-refractivity contribution in [1.29, 1.82) is 0 Å². The van der Waals surface area contributed by atoms with E-state index in [1.54, 1.807) is 42.6 Å². The van der Waals surface area contributed by atoms with Crippen molar-refractivity contribution in [3.05, 3.63) is 68.2 Å². The first-order valence-electron chi connectivity index (χ1n) is 7.60. The summed E-state index contributed by atoms with van der Waals surface area (Å²) in [7, 11) is 0. The SMILES string of the molecule is CC(=NNC(=O)c1cccnc1Cl)c1csc(-c2ccc(Cl)c(Cl)c2)c1O.